The molecule has 94 valence electrons. The standard InChI is InChI=1S/C15H17NOS/c1-9-4-7-14-13(8-9)15(18)12(11(3)16-14)6-5-10(2)17/h4,7-8H,5-6H2,1-3H3,(H,16,18)/p-1. The molecule has 0 N–H and O–H groups in total. The highest BCUT2D eigenvalue weighted by Gasteiger charge is 2.06. The molecule has 2 rings (SSSR count). The van der Waals surface area contributed by atoms with Gasteiger partial charge in [-0.05, 0) is 44.2 Å². The van der Waals surface area contributed by atoms with Crippen molar-refractivity contribution in [2.75, 3.05) is 0 Å². The van der Waals surface area contributed by atoms with Crippen LogP contribution < -0.4 is 0 Å². The zero-order chi connectivity index (χ0) is 13.3. The molecule has 0 unspecified atom stereocenters. The normalized spacial score (nSPS) is 10.8. The van der Waals surface area contributed by atoms with E-state index in [4.69, 9.17) is 12.6 Å². The number of pyridine rings is 1. The Morgan fingerprint density at radius 2 is 2.06 bits per heavy atom. The first kappa shape index (κ1) is 13.0. The Bertz CT molecular complexity index is 619. The topological polar surface area (TPSA) is 30.0 Å². The fourth-order valence-electron chi connectivity index (χ4n) is 2.10. The van der Waals surface area contributed by atoms with Gasteiger partial charge in [-0.25, -0.2) is 0 Å². The van der Waals surface area contributed by atoms with Crippen molar-refractivity contribution in [2.45, 2.75) is 38.5 Å². The summed E-state index contributed by atoms with van der Waals surface area (Å²) in [6, 6.07) is 6.11. The average Bonchev–Trinajstić information content (AvgIpc) is 2.30. The van der Waals surface area contributed by atoms with Gasteiger partial charge in [0, 0.05) is 12.1 Å². The van der Waals surface area contributed by atoms with Crippen molar-refractivity contribution in [1.29, 1.82) is 0 Å². The molecule has 0 saturated carbocycles. The molecule has 0 amide bonds. The van der Waals surface area contributed by atoms with Gasteiger partial charge in [0.1, 0.15) is 5.78 Å². The maximum absolute atomic E-state index is 11.1. The Morgan fingerprint density at radius 1 is 1.33 bits per heavy atom. The summed E-state index contributed by atoms with van der Waals surface area (Å²) in [5.41, 5.74) is 4.10. The summed E-state index contributed by atoms with van der Waals surface area (Å²) >= 11 is 5.54. The molecule has 1 aromatic heterocycles. The van der Waals surface area contributed by atoms with Crippen LogP contribution in [0.15, 0.2) is 23.1 Å². The molecule has 0 aliphatic rings. The molecule has 0 fully saturated rings. The van der Waals surface area contributed by atoms with Crippen LogP contribution in [0, 0.1) is 13.8 Å². The molecular formula is C15H16NOS-. The maximum atomic E-state index is 11.1. The molecule has 0 saturated heterocycles. The molecule has 0 radical (unpaired) electrons. The highest BCUT2D eigenvalue weighted by atomic mass is 32.1. The lowest BCUT2D eigenvalue weighted by atomic mass is 10.0. The Morgan fingerprint density at radius 3 is 2.72 bits per heavy atom. The van der Waals surface area contributed by atoms with Crippen LogP contribution in [0.3, 0.4) is 0 Å². The van der Waals surface area contributed by atoms with Crippen molar-refractivity contribution in [3.8, 4) is 0 Å². The number of hydrogen-bond donors (Lipinski definition) is 0. The van der Waals surface area contributed by atoms with Crippen molar-refractivity contribution in [2.24, 2.45) is 0 Å². The van der Waals surface area contributed by atoms with E-state index < -0.39 is 0 Å². The Kier molecular flexibility index (Phi) is 3.62. The molecule has 3 heteroatoms. The molecule has 18 heavy (non-hydrogen) atoms. The van der Waals surface area contributed by atoms with Gasteiger partial charge in [-0.1, -0.05) is 17.7 Å². The molecular weight excluding hydrogens is 242 g/mol. The number of aryl methyl sites for hydroxylation is 2. The third-order valence-corrected chi connectivity index (χ3v) is 3.59. The molecule has 0 aliphatic heterocycles. The summed E-state index contributed by atoms with van der Waals surface area (Å²) in [4.78, 5) is 16.5. The maximum Gasteiger partial charge on any atom is 0.130 e. The number of rotatable bonds is 3. The van der Waals surface area contributed by atoms with Gasteiger partial charge >= 0.3 is 0 Å². The van der Waals surface area contributed by atoms with Crippen LogP contribution in [-0.4, -0.2) is 10.8 Å². The second kappa shape index (κ2) is 5.02. The molecule has 0 aliphatic carbocycles. The van der Waals surface area contributed by atoms with Crippen LogP contribution in [0.5, 0.6) is 0 Å². The minimum atomic E-state index is 0.188. The van der Waals surface area contributed by atoms with E-state index in [0.717, 1.165) is 27.1 Å². The van der Waals surface area contributed by atoms with Gasteiger partial charge in [-0.2, -0.15) is 4.90 Å². The fraction of sp³-hybridized carbons (Fsp3) is 0.333. The molecule has 0 atom stereocenters. The van der Waals surface area contributed by atoms with E-state index in [2.05, 4.69) is 11.1 Å². The van der Waals surface area contributed by atoms with E-state index in [9.17, 15) is 4.79 Å². The lowest BCUT2D eigenvalue weighted by Gasteiger charge is -2.19. The predicted molar refractivity (Wildman–Crippen MR) is 75.9 cm³/mol. The highest BCUT2D eigenvalue weighted by molar-refractivity contribution is 7.59. The van der Waals surface area contributed by atoms with E-state index in [1.807, 2.05) is 26.0 Å². The Labute approximate surface area is 113 Å². The molecule has 0 spiro atoms. The number of Topliss-reactive ketones (excluding diaryl/α,β-unsaturated/α-hetero) is 1. The van der Waals surface area contributed by atoms with E-state index >= 15 is 0 Å². The summed E-state index contributed by atoms with van der Waals surface area (Å²) in [6.45, 7) is 5.62. The van der Waals surface area contributed by atoms with Gasteiger partial charge in [-0.3, -0.25) is 4.98 Å². The van der Waals surface area contributed by atoms with Gasteiger partial charge in [0.15, 0.2) is 0 Å². The lowest BCUT2D eigenvalue weighted by Crippen LogP contribution is -2.01. The van der Waals surface area contributed by atoms with Crippen molar-refractivity contribution < 1.29 is 4.79 Å². The van der Waals surface area contributed by atoms with E-state index in [0.29, 0.717) is 12.8 Å². The summed E-state index contributed by atoms with van der Waals surface area (Å²) < 4.78 is 0. The summed E-state index contributed by atoms with van der Waals surface area (Å²) in [5.74, 6) is 0.188. The largest absolute Gasteiger partial charge is 0.779 e. The van der Waals surface area contributed by atoms with E-state index in [1.165, 1.54) is 5.56 Å². The van der Waals surface area contributed by atoms with Crippen LogP contribution in [0.1, 0.15) is 30.2 Å². The highest BCUT2D eigenvalue weighted by Crippen LogP contribution is 2.25. The average molecular weight is 258 g/mol. The molecule has 1 aromatic carbocycles. The first-order chi connectivity index (χ1) is 8.49. The lowest BCUT2D eigenvalue weighted by molar-refractivity contribution is -0.116. The van der Waals surface area contributed by atoms with Crippen LogP contribution in [0.4, 0.5) is 0 Å². The van der Waals surface area contributed by atoms with Crippen molar-refractivity contribution in [3.63, 3.8) is 0 Å². The van der Waals surface area contributed by atoms with Crippen LogP contribution in [-0.2, 0) is 23.8 Å². The number of hydrogen-bond acceptors (Lipinski definition) is 3. The number of ketones is 1. The predicted octanol–water partition coefficient (Wildman–Crippen LogP) is 3.28. The Hall–Kier alpha value is -1.48. The molecule has 2 nitrogen and oxygen atoms in total. The summed E-state index contributed by atoms with van der Waals surface area (Å²) in [5, 5.41) is 1.02. The smallest absolute Gasteiger partial charge is 0.130 e. The monoisotopic (exact) mass is 258 g/mol. The first-order valence-corrected chi connectivity index (χ1v) is 6.46. The second-order valence-electron chi connectivity index (χ2n) is 4.73. The van der Waals surface area contributed by atoms with Gasteiger partial charge in [0.05, 0.1) is 5.52 Å². The van der Waals surface area contributed by atoms with Crippen LogP contribution in [0.2, 0.25) is 0 Å². The van der Waals surface area contributed by atoms with Crippen LogP contribution in [0.25, 0.3) is 10.9 Å². The summed E-state index contributed by atoms with van der Waals surface area (Å²) in [6.07, 6.45) is 1.22. The minimum absolute atomic E-state index is 0.188. The van der Waals surface area contributed by atoms with Crippen molar-refractivity contribution in [1.82, 2.24) is 4.98 Å². The number of carbonyl (C=O) groups excluding carboxylic acids is 1. The number of nitrogens with zero attached hydrogens (tertiary/aromatic N) is 1. The summed E-state index contributed by atoms with van der Waals surface area (Å²) in [7, 11) is 0. The SMILES string of the molecule is CC(=O)CCc1c(C)nc2ccc(C)cc2c1[S-]. The van der Waals surface area contributed by atoms with Gasteiger partial charge in [0.2, 0.25) is 0 Å². The van der Waals surface area contributed by atoms with Crippen molar-refractivity contribution in [3.05, 3.63) is 35.0 Å². The number of carbonyl (C=O) groups is 1. The second-order valence-corrected chi connectivity index (χ2v) is 5.14. The number of aromatic nitrogens is 1. The third-order valence-electron chi connectivity index (χ3n) is 3.12. The first-order valence-electron chi connectivity index (χ1n) is 6.05. The minimum Gasteiger partial charge on any atom is -0.779 e. The zero-order valence-corrected chi connectivity index (χ0v) is 11.7. The molecule has 0 bridgehead atoms. The van der Waals surface area contributed by atoms with Gasteiger partial charge in [-0.15, -0.1) is 0 Å². The third kappa shape index (κ3) is 2.51. The number of benzene rings is 1. The zero-order valence-electron chi connectivity index (χ0n) is 10.9. The van der Waals surface area contributed by atoms with E-state index in [-0.39, 0.29) is 5.78 Å². The van der Waals surface area contributed by atoms with Crippen LogP contribution >= 0.6 is 0 Å². The quantitative estimate of drug-likeness (QED) is 0.791. The molecule has 1 heterocycles. The van der Waals surface area contributed by atoms with E-state index in [1.54, 1.807) is 6.92 Å². The van der Waals surface area contributed by atoms with Gasteiger partial charge in [0.25, 0.3) is 0 Å². The number of fused-ring (bicyclic) bond motifs is 1. The molecule has 2 aromatic rings. The Balaban J connectivity index is 2.56. The van der Waals surface area contributed by atoms with Gasteiger partial charge < -0.3 is 17.4 Å². The van der Waals surface area contributed by atoms with Crippen molar-refractivity contribution >= 4 is 29.3 Å². The fourth-order valence-corrected chi connectivity index (χ4v) is 2.51.